The smallest absolute Gasteiger partial charge is 0.178 e. The number of Topliss-reactive ketones (excluding diaryl/α,β-unsaturated/α-hetero) is 1. The second-order valence-corrected chi connectivity index (χ2v) is 15.3. The van der Waals surface area contributed by atoms with Crippen molar-refractivity contribution in [2.45, 2.75) is 105 Å². The van der Waals surface area contributed by atoms with E-state index < -0.39 is 27.9 Å². The van der Waals surface area contributed by atoms with Gasteiger partial charge >= 0.3 is 0 Å². The molecule has 5 aliphatic rings. The Kier molecular flexibility index (Phi) is 5.71. The minimum atomic E-state index is -1.29. The molecule has 0 bridgehead atoms. The number of fused-ring (bicyclic) bond motifs is 7. The number of methoxy groups -OCH3 is 1. The number of carbonyl (C=O) groups is 1. The Morgan fingerprint density at radius 2 is 1.68 bits per heavy atom. The van der Waals surface area contributed by atoms with Crippen LogP contribution in [-0.4, -0.2) is 41.4 Å². The number of aliphatic hydroxyl groups is 2. The number of nitriles is 1. The van der Waals surface area contributed by atoms with E-state index in [1.165, 1.54) is 0 Å². The van der Waals surface area contributed by atoms with Gasteiger partial charge in [0, 0.05) is 23.4 Å². The third-order valence-electron chi connectivity index (χ3n) is 12.9. The fourth-order valence-electron chi connectivity index (χ4n) is 10.5. The Morgan fingerprint density at radius 1 is 1.03 bits per heavy atom. The number of hydrogen-bond donors (Lipinski definition) is 2. The van der Waals surface area contributed by atoms with Crippen LogP contribution in [-0.2, 0) is 9.53 Å². The van der Waals surface area contributed by atoms with Gasteiger partial charge in [-0.15, -0.1) is 0 Å². The summed E-state index contributed by atoms with van der Waals surface area (Å²) in [5.74, 6) is -0.116. The van der Waals surface area contributed by atoms with E-state index in [2.05, 4.69) is 40.7 Å². The van der Waals surface area contributed by atoms with E-state index >= 15 is 0 Å². The van der Waals surface area contributed by atoms with Crippen LogP contribution in [0.4, 0.5) is 0 Å². The van der Waals surface area contributed by atoms with Crippen molar-refractivity contribution >= 4 is 5.78 Å². The maximum absolute atomic E-state index is 13.2. The standard InChI is InChI=1S/C32H47NO4/c1-26(2)11-13-31(19-37-8)14-12-30(7)29(6)10-9-21-27(3,4)25(35)20(18-33)16-28(21,5)22(29)15-24(34)32(30,36)23(31)17-26/h15-16,21,23-24,34,36H,9-14,17,19H2,1-8H3/t21-,23?,24+,28-,29+,30-,31+,32+/m0/s1. The molecule has 0 amide bonds. The summed E-state index contributed by atoms with van der Waals surface area (Å²) in [7, 11) is 1.76. The van der Waals surface area contributed by atoms with Crippen molar-refractivity contribution in [3.05, 3.63) is 23.3 Å². The van der Waals surface area contributed by atoms with E-state index in [-0.39, 0.29) is 39.4 Å². The van der Waals surface area contributed by atoms with Gasteiger partial charge in [-0.25, -0.2) is 0 Å². The lowest BCUT2D eigenvalue weighted by atomic mass is 9.32. The van der Waals surface area contributed by atoms with E-state index in [9.17, 15) is 20.3 Å². The zero-order valence-electron chi connectivity index (χ0n) is 24.2. The molecular formula is C32H47NO4. The molecule has 0 radical (unpaired) electrons. The van der Waals surface area contributed by atoms with Gasteiger partial charge < -0.3 is 14.9 Å². The summed E-state index contributed by atoms with van der Waals surface area (Å²) in [6.07, 6.45) is 9.27. The van der Waals surface area contributed by atoms with Gasteiger partial charge in [0.1, 0.15) is 17.8 Å². The number of allylic oxidation sites excluding steroid dienone is 3. The molecule has 0 saturated heterocycles. The Balaban J connectivity index is 1.73. The predicted octanol–water partition coefficient (Wildman–Crippen LogP) is 5.76. The first-order chi connectivity index (χ1) is 17.0. The molecule has 3 fully saturated rings. The molecule has 5 aliphatic carbocycles. The van der Waals surface area contributed by atoms with Gasteiger partial charge in [-0.1, -0.05) is 66.2 Å². The van der Waals surface area contributed by atoms with Crippen LogP contribution < -0.4 is 0 Å². The zero-order valence-corrected chi connectivity index (χ0v) is 24.2. The molecule has 0 aromatic rings. The highest BCUT2D eigenvalue weighted by Gasteiger charge is 2.75. The van der Waals surface area contributed by atoms with Gasteiger partial charge in [-0.3, -0.25) is 4.79 Å². The Labute approximate surface area is 223 Å². The molecule has 2 N–H and O–H groups in total. The van der Waals surface area contributed by atoms with E-state index in [0.29, 0.717) is 6.61 Å². The van der Waals surface area contributed by atoms with E-state index in [4.69, 9.17) is 4.74 Å². The highest BCUT2D eigenvalue weighted by molar-refractivity contribution is 6.04. The van der Waals surface area contributed by atoms with Gasteiger partial charge in [0.25, 0.3) is 0 Å². The van der Waals surface area contributed by atoms with Crippen LogP contribution in [0.25, 0.3) is 0 Å². The summed E-state index contributed by atoms with van der Waals surface area (Å²) in [5, 5.41) is 34.9. The number of rotatable bonds is 2. The molecule has 0 aliphatic heterocycles. The van der Waals surface area contributed by atoms with Crippen LogP contribution in [0.1, 0.15) is 93.4 Å². The largest absolute Gasteiger partial charge is 0.386 e. The molecule has 0 aromatic carbocycles. The van der Waals surface area contributed by atoms with Crippen LogP contribution in [0, 0.1) is 55.7 Å². The van der Waals surface area contributed by atoms with Crippen LogP contribution in [0.5, 0.6) is 0 Å². The summed E-state index contributed by atoms with van der Waals surface area (Å²) in [6, 6.07) is 2.18. The second kappa shape index (κ2) is 7.80. The summed E-state index contributed by atoms with van der Waals surface area (Å²) >= 11 is 0. The molecule has 8 atom stereocenters. The predicted molar refractivity (Wildman–Crippen MR) is 143 cm³/mol. The maximum Gasteiger partial charge on any atom is 0.178 e. The maximum atomic E-state index is 13.2. The van der Waals surface area contributed by atoms with Crippen LogP contribution in [0.15, 0.2) is 23.3 Å². The first-order valence-electron chi connectivity index (χ1n) is 14.3. The molecule has 3 saturated carbocycles. The quantitative estimate of drug-likeness (QED) is 0.462. The SMILES string of the molecule is COC[C@]12CCC(C)(C)CC1[C@@]1(O)[C@H](O)C=C3[C@@]4(C)C=C(C#N)C(=O)C(C)(C)[C@@H]4CC[C@@]3(C)[C@]1(C)CC2. The summed E-state index contributed by atoms with van der Waals surface area (Å²) < 4.78 is 5.80. The third kappa shape index (κ3) is 3.10. The van der Waals surface area contributed by atoms with Gasteiger partial charge in [0.15, 0.2) is 5.78 Å². The number of carbonyl (C=O) groups excluding carboxylic acids is 1. The van der Waals surface area contributed by atoms with Crippen molar-refractivity contribution in [3.8, 4) is 6.07 Å². The van der Waals surface area contributed by atoms with Crippen molar-refractivity contribution < 1.29 is 19.7 Å². The monoisotopic (exact) mass is 509 g/mol. The third-order valence-corrected chi connectivity index (χ3v) is 12.9. The van der Waals surface area contributed by atoms with Crippen molar-refractivity contribution in [2.24, 2.45) is 44.3 Å². The minimum Gasteiger partial charge on any atom is -0.386 e. The lowest BCUT2D eigenvalue weighted by molar-refractivity contribution is -0.292. The van der Waals surface area contributed by atoms with Crippen molar-refractivity contribution in [3.63, 3.8) is 0 Å². The molecule has 204 valence electrons. The molecule has 0 heterocycles. The molecule has 0 spiro atoms. The molecule has 37 heavy (non-hydrogen) atoms. The molecule has 1 unspecified atom stereocenters. The van der Waals surface area contributed by atoms with E-state index in [1.54, 1.807) is 7.11 Å². The fraction of sp³-hybridized carbons (Fsp3) is 0.812. The Bertz CT molecular complexity index is 1130. The van der Waals surface area contributed by atoms with Crippen molar-refractivity contribution in [1.29, 1.82) is 5.26 Å². The molecule has 5 nitrogen and oxygen atoms in total. The molecule has 5 rings (SSSR count). The molecule has 0 aromatic heterocycles. The van der Waals surface area contributed by atoms with Crippen LogP contribution in [0.2, 0.25) is 0 Å². The Morgan fingerprint density at radius 3 is 2.30 bits per heavy atom. The number of nitrogens with zero attached hydrogens (tertiary/aromatic N) is 1. The first-order valence-corrected chi connectivity index (χ1v) is 14.3. The van der Waals surface area contributed by atoms with E-state index in [0.717, 1.165) is 50.5 Å². The summed E-state index contributed by atoms with van der Waals surface area (Å²) in [6.45, 7) is 15.8. The van der Waals surface area contributed by atoms with Gasteiger partial charge in [0.2, 0.25) is 0 Å². The number of ketones is 1. The van der Waals surface area contributed by atoms with Gasteiger partial charge in [-0.2, -0.15) is 5.26 Å². The average Bonchev–Trinajstić information content (AvgIpc) is 2.81. The number of hydrogen-bond acceptors (Lipinski definition) is 5. The lowest BCUT2D eigenvalue weighted by Crippen LogP contribution is -2.75. The zero-order chi connectivity index (χ0) is 27.4. The first kappa shape index (κ1) is 27.1. The fourth-order valence-corrected chi connectivity index (χ4v) is 10.5. The lowest BCUT2D eigenvalue weighted by Gasteiger charge is -2.73. The molecule has 5 heteroatoms. The topological polar surface area (TPSA) is 90.5 Å². The van der Waals surface area contributed by atoms with Gasteiger partial charge in [0.05, 0.1) is 12.2 Å². The highest BCUT2D eigenvalue weighted by Crippen LogP contribution is 2.76. The van der Waals surface area contributed by atoms with Crippen LogP contribution in [0.3, 0.4) is 0 Å². The molecular weight excluding hydrogens is 462 g/mol. The average molecular weight is 510 g/mol. The normalized spacial score (nSPS) is 49.9. The minimum absolute atomic E-state index is 0.0377. The van der Waals surface area contributed by atoms with Gasteiger partial charge in [-0.05, 0) is 73.0 Å². The van der Waals surface area contributed by atoms with E-state index in [1.807, 2.05) is 26.0 Å². The number of ether oxygens (including phenoxy) is 1. The summed E-state index contributed by atoms with van der Waals surface area (Å²) in [5.41, 5.74) is -2.13. The summed E-state index contributed by atoms with van der Waals surface area (Å²) in [4.78, 5) is 13.2. The second-order valence-electron chi connectivity index (χ2n) is 15.3. The number of aliphatic hydroxyl groups excluding tert-OH is 1. The van der Waals surface area contributed by atoms with Crippen molar-refractivity contribution in [2.75, 3.05) is 13.7 Å². The van der Waals surface area contributed by atoms with Crippen molar-refractivity contribution in [1.82, 2.24) is 0 Å². The van der Waals surface area contributed by atoms with Crippen LogP contribution >= 0.6 is 0 Å². The highest BCUT2D eigenvalue weighted by atomic mass is 16.5. The Hall–Kier alpha value is -1.48.